The third-order valence-corrected chi connectivity index (χ3v) is 4.46. The fourth-order valence-electron chi connectivity index (χ4n) is 3.08. The van der Waals surface area contributed by atoms with Gasteiger partial charge in [-0.2, -0.15) is 0 Å². The second kappa shape index (κ2) is 8.41. The largest absolute Gasteiger partial charge is 0.573 e. The summed E-state index contributed by atoms with van der Waals surface area (Å²) in [5.74, 6) is -2.91. The number of carbonyl (C=O) groups is 2. The molecule has 0 fully saturated rings. The van der Waals surface area contributed by atoms with Gasteiger partial charge in [-0.15, -0.1) is 13.2 Å². The Morgan fingerprint density at radius 2 is 2.00 bits per heavy atom. The number of carboxylic acids is 1. The Bertz CT molecular complexity index is 981. The molecule has 1 aliphatic heterocycles. The van der Waals surface area contributed by atoms with Crippen LogP contribution in [0.3, 0.4) is 0 Å². The van der Waals surface area contributed by atoms with Gasteiger partial charge in [0.15, 0.2) is 11.5 Å². The minimum Gasteiger partial charge on any atom is -0.492 e. The monoisotopic (exact) mass is 445 g/mol. The zero-order valence-corrected chi connectivity index (χ0v) is 16.1. The van der Waals surface area contributed by atoms with Gasteiger partial charge in [0, 0.05) is 21.8 Å². The molecule has 30 heavy (non-hydrogen) atoms. The highest BCUT2D eigenvalue weighted by Crippen LogP contribution is 2.44. The number of amides is 1. The average Bonchev–Trinajstić information content (AvgIpc) is 2.77. The molecule has 0 aromatic heterocycles. The van der Waals surface area contributed by atoms with Gasteiger partial charge in [0.2, 0.25) is 0 Å². The number of methoxy groups -OCH3 is 1. The predicted octanol–water partition coefficient (Wildman–Crippen LogP) is 4.15. The molecule has 0 radical (unpaired) electrons. The minimum atomic E-state index is -4.97. The first-order valence-electron chi connectivity index (χ1n) is 8.49. The minimum absolute atomic E-state index is 0.0923. The Kier molecular flexibility index (Phi) is 6.09. The van der Waals surface area contributed by atoms with Crippen LogP contribution in [0, 0.1) is 0 Å². The van der Waals surface area contributed by atoms with Crippen molar-refractivity contribution < 1.29 is 42.1 Å². The molecule has 0 unspecified atom stereocenters. The summed E-state index contributed by atoms with van der Waals surface area (Å²) >= 11 is 6.06. The Hall–Kier alpha value is -2.98. The molecule has 1 amide bonds. The number of fused-ring (bicyclic) bond motifs is 1. The lowest BCUT2D eigenvalue weighted by Crippen LogP contribution is -2.31. The maximum atomic E-state index is 12.8. The van der Waals surface area contributed by atoms with E-state index in [4.69, 9.17) is 26.2 Å². The van der Waals surface area contributed by atoms with E-state index in [9.17, 15) is 22.8 Å². The summed E-state index contributed by atoms with van der Waals surface area (Å²) in [6.07, 6.45) is -8.23. The van der Waals surface area contributed by atoms with E-state index in [0.29, 0.717) is 5.56 Å². The van der Waals surface area contributed by atoms with Crippen LogP contribution in [0.4, 0.5) is 18.9 Å². The van der Waals surface area contributed by atoms with Crippen LogP contribution in [0.15, 0.2) is 36.4 Å². The summed E-state index contributed by atoms with van der Waals surface area (Å²) in [4.78, 5) is 23.6. The number of ether oxygens (including phenoxy) is 3. The predicted molar refractivity (Wildman–Crippen MR) is 98.7 cm³/mol. The molecule has 2 aromatic carbocycles. The van der Waals surface area contributed by atoms with E-state index < -0.39 is 42.6 Å². The van der Waals surface area contributed by atoms with Gasteiger partial charge in [-0.1, -0.05) is 23.7 Å². The number of carbonyl (C=O) groups excluding carboxylic acids is 1. The maximum Gasteiger partial charge on any atom is 0.573 e. The topological polar surface area (TPSA) is 94.1 Å². The number of benzene rings is 2. The molecular formula is C19H15ClF3NO6. The number of hydrogen-bond acceptors (Lipinski definition) is 5. The second-order valence-corrected chi connectivity index (χ2v) is 6.69. The number of aliphatic carboxylic acids is 1. The number of halogens is 4. The Morgan fingerprint density at radius 1 is 1.27 bits per heavy atom. The molecule has 7 nitrogen and oxygen atoms in total. The van der Waals surface area contributed by atoms with Gasteiger partial charge in [-0.05, 0) is 24.3 Å². The number of hydrogen-bond donors (Lipinski definition) is 2. The molecule has 0 aliphatic carbocycles. The summed E-state index contributed by atoms with van der Waals surface area (Å²) in [6, 6.07) is 8.21. The fourth-order valence-corrected chi connectivity index (χ4v) is 3.26. The lowest BCUT2D eigenvalue weighted by atomic mass is 9.98. The molecular weight excluding hydrogens is 431 g/mol. The van der Waals surface area contributed by atoms with E-state index in [1.54, 1.807) is 0 Å². The lowest BCUT2D eigenvalue weighted by Gasteiger charge is -2.24. The van der Waals surface area contributed by atoms with Crippen molar-refractivity contribution in [3.8, 4) is 11.5 Å². The molecule has 0 bridgehead atoms. The molecule has 160 valence electrons. The average molecular weight is 446 g/mol. The van der Waals surface area contributed by atoms with Crippen LogP contribution >= 0.6 is 11.6 Å². The lowest BCUT2D eigenvalue weighted by molar-refractivity contribution is -0.275. The van der Waals surface area contributed by atoms with Gasteiger partial charge in [-0.3, -0.25) is 9.59 Å². The molecule has 0 saturated heterocycles. The number of alkyl halides is 3. The van der Waals surface area contributed by atoms with Gasteiger partial charge in [0.1, 0.15) is 12.2 Å². The Balaban J connectivity index is 2.16. The second-order valence-electron chi connectivity index (χ2n) is 6.25. The van der Waals surface area contributed by atoms with Gasteiger partial charge in [-0.25, -0.2) is 0 Å². The van der Waals surface area contributed by atoms with Crippen molar-refractivity contribution in [2.75, 3.05) is 12.4 Å². The molecule has 0 saturated carbocycles. The Labute approximate surface area is 173 Å². The van der Waals surface area contributed by atoms with Gasteiger partial charge < -0.3 is 24.6 Å². The van der Waals surface area contributed by atoms with Crippen molar-refractivity contribution in [2.45, 2.75) is 25.0 Å². The first kappa shape index (κ1) is 21.7. The van der Waals surface area contributed by atoms with Crippen molar-refractivity contribution in [1.29, 1.82) is 0 Å². The number of anilines is 1. The fraction of sp³-hybridized carbons (Fsp3) is 0.263. The van der Waals surface area contributed by atoms with E-state index >= 15 is 0 Å². The van der Waals surface area contributed by atoms with Crippen LogP contribution in [0.1, 0.15) is 23.7 Å². The van der Waals surface area contributed by atoms with E-state index in [1.807, 2.05) is 0 Å². The normalized spacial score (nSPS) is 18.8. The zero-order valence-electron chi connectivity index (χ0n) is 15.3. The first-order chi connectivity index (χ1) is 14.1. The summed E-state index contributed by atoms with van der Waals surface area (Å²) in [5.41, 5.74) is 0.673. The van der Waals surface area contributed by atoms with Crippen molar-refractivity contribution in [1.82, 2.24) is 0 Å². The van der Waals surface area contributed by atoms with E-state index in [-0.39, 0.29) is 22.0 Å². The maximum absolute atomic E-state index is 12.8. The molecule has 2 aromatic rings. The zero-order chi connectivity index (χ0) is 22.1. The van der Waals surface area contributed by atoms with Crippen molar-refractivity contribution in [3.63, 3.8) is 0 Å². The third kappa shape index (κ3) is 4.77. The van der Waals surface area contributed by atoms with Crippen molar-refractivity contribution >= 4 is 29.2 Å². The van der Waals surface area contributed by atoms with Crippen LogP contribution in [-0.4, -0.2) is 36.6 Å². The van der Waals surface area contributed by atoms with Crippen LogP contribution in [-0.2, 0) is 14.3 Å². The number of para-hydroxylation sites is 1. The van der Waals surface area contributed by atoms with Gasteiger partial charge in [0.25, 0.3) is 5.91 Å². The quantitative estimate of drug-likeness (QED) is 0.718. The number of nitrogens with one attached hydrogen (secondary N) is 1. The van der Waals surface area contributed by atoms with Gasteiger partial charge in [0.05, 0.1) is 13.5 Å². The Morgan fingerprint density at radius 3 is 2.63 bits per heavy atom. The highest BCUT2D eigenvalue weighted by molar-refractivity contribution is 6.30. The highest BCUT2D eigenvalue weighted by atomic mass is 35.5. The third-order valence-electron chi connectivity index (χ3n) is 4.23. The van der Waals surface area contributed by atoms with Crippen LogP contribution in [0.5, 0.6) is 11.5 Å². The van der Waals surface area contributed by atoms with Crippen molar-refractivity contribution in [3.05, 3.63) is 52.5 Å². The summed E-state index contributed by atoms with van der Waals surface area (Å²) in [6.45, 7) is 0. The number of rotatable bonds is 5. The highest BCUT2D eigenvalue weighted by Gasteiger charge is 2.37. The van der Waals surface area contributed by atoms with Crippen LogP contribution in [0.2, 0.25) is 5.02 Å². The summed E-state index contributed by atoms with van der Waals surface area (Å²) < 4.78 is 53.3. The summed E-state index contributed by atoms with van der Waals surface area (Å²) in [5, 5.41) is 11.9. The molecule has 2 N–H and O–H groups in total. The van der Waals surface area contributed by atoms with Crippen molar-refractivity contribution in [2.24, 2.45) is 0 Å². The molecule has 1 aliphatic rings. The molecule has 0 spiro atoms. The van der Waals surface area contributed by atoms with Gasteiger partial charge >= 0.3 is 12.3 Å². The molecule has 1 heterocycles. The van der Waals surface area contributed by atoms with E-state index in [0.717, 1.165) is 13.2 Å². The number of carboxylic acid groups (broad SMARTS) is 1. The van der Waals surface area contributed by atoms with Crippen LogP contribution in [0.25, 0.3) is 0 Å². The van der Waals surface area contributed by atoms with Crippen LogP contribution < -0.4 is 14.8 Å². The van der Waals surface area contributed by atoms with E-state index in [2.05, 4.69) is 10.1 Å². The van der Waals surface area contributed by atoms with E-state index in [1.165, 1.54) is 30.3 Å². The molecule has 11 heteroatoms. The molecule has 3 rings (SSSR count). The standard InChI is InChI=1S/C19H15ClF3NO6/c1-28-17-10(3-2-4-13(17)30-19(21,22)23)16-11-7-9(20)5-6-12(11)24-18(27)14(29-16)8-15(25)26/h2-7,14,16H,8H2,1H3,(H,24,27)(H,25,26)/t14-,16-/m0/s1. The summed E-state index contributed by atoms with van der Waals surface area (Å²) in [7, 11) is 1.15. The SMILES string of the molecule is COc1c(OC(F)(F)F)cccc1[C@@H]1O[C@@H](CC(=O)O)C(=O)Nc2ccc(Cl)cc21. The first-order valence-corrected chi connectivity index (χ1v) is 8.87. The molecule has 2 atom stereocenters. The smallest absolute Gasteiger partial charge is 0.492 e.